The van der Waals surface area contributed by atoms with Crippen LogP contribution in [0, 0.1) is 10.1 Å². The Hall–Kier alpha value is -1.93. The SMILES string of the molecule is Cn1c(C(=O)N2CC(CO)OC(C)(C)C2)ccc1[N+](=O)[O-]. The number of hydrogen-bond acceptors (Lipinski definition) is 5. The molecule has 116 valence electrons. The Morgan fingerprint density at radius 1 is 1.57 bits per heavy atom. The summed E-state index contributed by atoms with van der Waals surface area (Å²) in [6.45, 7) is 4.12. The summed E-state index contributed by atoms with van der Waals surface area (Å²) in [6.07, 6.45) is -0.451. The first kappa shape index (κ1) is 15.5. The number of aromatic nitrogens is 1. The summed E-state index contributed by atoms with van der Waals surface area (Å²) in [5.74, 6) is -0.440. The summed E-state index contributed by atoms with van der Waals surface area (Å²) in [4.78, 5) is 24.4. The molecule has 8 nitrogen and oxygen atoms in total. The third-order valence-electron chi connectivity index (χ3n) is 3.47. The molecule has 2 heterocycles. The highest BCUT2D eigenvalue weighted by Gasteiger charge is 2.37. The lowest BCUT2D eigenvalue weighted by atomic mass is 10.0. The number of hydrogen-bond donors (Lipinski definition) is 1. The maximum Gasteiger partial charge on any atom is 0.323 e. The van der Waals surface area contributed by atoms with Gasteiger partial charge in [0.1, 0.15) is 0 Å². The molecule has 8 heteroatoms. The van der Waals surface area contributed by atoms with Crippen LogP contribution in [-0.4, -0.2) is 56.8 Å². The van der Waals surface area contributed by atoms with Gasteiger partial charge >= 0.3 is 5.82 Å². The maximum absolute atomic E-state index is 12.6. The molecule has 1 aliphatic rings. The van der Waals surface area contributed by atoms with Crippen LogP contribution in [0.15, 0.2) is 12.1 Å². The van der Waals surface area contributed by atoms with Crippen molar-refractivity contribution in [3.63, 3.8) is 0 Å². The summed E-state index contributed by atoms with van der Waals surface area (Å²) in [7, 11) is 1.49. The molecular weight excluding hydrogens is 278 g/mol. The quantitative estimate of drug-likeness (QED) is 0.649. The zero-order valence-corrected chi connectivity index (χ0v) is 12.3. The molecule has 21 heavy (non-hydrogen) atoms. The van der Waals surface area contributed by atoms with Gasteiger partial charge < -0.3 is 24.9 Å². The Balaban J connectivity index is 2.25. The standard InChI is InChI=1S/C13H19N3O5/c1-13(2)8-15(6-9(7-17)21-13)12(18)10-4-5-11(14(10)3)16(19)20/h4-5,9,17H,6-8H2,1-3H3. The largest absolute Gasteiger partial charge is 0.394 e. The van der Waals surface area contributed by atoms with Crippen LogP contribution in [0.2, 0.25) is 0 Å². The molecule has 0 aliphatic carbocycles. The van der Waals surface area contributed by atoms with Gasteiger partial charge in [0, 0.05) is 19.2 Å². The molecule has 1 unspecified atom stereocenters. The minimum atomic E-state index is -0.571. The van der Waals surface area contributed by atoms with Crippen LogP contribution in [0.5, 0.6) is 0 Å². The average Bonchev–Trinajstić information content (AvgIpc) is 2.77. The molecule has 1 fully saturated rings. The number of nitro groups is 1. The fraction of sp³-hybridized carbons (Fsp3) is 0.615. The van der Waals surface area contributed by atoms with Gasteiger partial charge in [-0.2, -0.15) is 0 Å². The van der Waals surface area contributed by atoms with E-state index in [9.17, 15) is 20.0 Å². The lowest BCUT2D eigenvalue weighted by molar-refractivity contribution is -0.391. The summed E-state index contributed by atoms with van der Waals surface area (Å²) >= 11 is 0. The average molecular weight is 297 g/mol. The Labute approximate surface area is 122 Å². The van der Waals surface area contributed by atoms with Crippen molar-refractivity contribution in [2.45, 2.75) is 25.6 Å². The molecule has 2 rings (SSSR count). The Morgan fingerprint density at radius 2 is 2.24 bits per heavy atom. The Morgan fingerprint density at radius 3 is 2.76 bits per heavy atom. The van der Waals surface area contributed by atoms with E-state index >= 15 is 0 Å². The summed E-state index contributed by atoms with van der Waals surface area (Å²) in [6, 6.07) is 2.75. The molecule has 0 bridgehead atoms. The Kier molecular flexibility index (Phi) is 4.02. The molecule has 0 spiro atoms. The predicted octanol–water partition coefficient (Wildman–Crippen LogP) is 0.545. The number of carbonyl (C=O) groups excluding carboxylic acids is 1. The number of aliphatic hydroxyl groups excluding tert-OH is 1. The lowest BCUT2D eigenvalue weighted by Crippen LogP contribution is -2.55. The number of aliphatic hydroxyl groups is 1. The second-order valence-electron chi connectivity index (χ2n) is 5.76. The van der Waals surface area contributed by atoms with E-state index in [1.807, 2.05) is 13.8 Å². The van der Waals surface area contributed by atoms with Crippen LogP contribution in [0.3, 0.4) is 0 Å². The second kappa shape index (κ2) is 5.45. The van der Waals surface area contributed by atoms with E-state index in [0.717, 1.165) is 0 Å². The number of nitrogens with zero attached hydrogens (tertiary/aromatic N) is 3. The van der Waals surface area contributed by atoms with Gasteiger partial charge in [0.15, 0.2) is 5.69 Å². The van der Waals surface area contributed by atoms with Crippen molar-refractivity contribution in [3.8, 4) is 0 Å². The Bertz CT molecular complexity index is 566. The molecule has 1 amide bonds. The summed E-state index contributed by atoms with van der Waals surface area (Å²) in [5.41, 5.74) is -0.325. The highest BCUT2D eigenvalue weighted by Crippen LogP contribution is 2.24. The van der Waals surface area contributed by atoms with E-state index in [2.05, 4.69) is 0 Å². The lowest BCUT2D eigenvalue weighted by Gasteiger charge is -2.41. The van der Waals surface area contributed by atoms with Gasteiger partial charge in [-0.25, -0.2) is 4.57 Å². The number of morpholine rings is 1. The first-order valence-corrected chi connectivity index (χ1v) is 6.63. The smallest absolute Gasteiger partial charge is 0.323 e. The second-order valence-corrected chi connectivity index (χ2v) is 5.76. The van der Waals surface area contributed by atoms with E-state index in [-0.39, 0.29) is 30.6 Å². The molecule has 0 aromatic carbocycles. The van der Waals surface area contributed by atoms with Crippen LogP contribution in [0.25, 0.3) is 0 Å². The zero-order chi connectivity index (χ0) is 15.8. The van der Waals surface area contributed by atoms with Crippen LogP contribution in [0.4, 0.5) is 5.82 Å². The van der Waals surface area contributed by atoms with E-state index in [4.69, 9.17) is 4.74 Å². The van der Waals surface area contributed by atoms with Crippen LogP contribution in [0.1, 0.15) is 24.3 Å². The molecular formula is C13H19N3O5. The van der Waals surface area contributed by atoms with Crippen LogP contribution in [-0.2, 0) is 11.8 Å². The van der Waals surface area contributed by atoms with Gasteiger partial charge in [-0.05, 0) is 24.8 Å². The first-order chi connectivity index (χ1) is 9.75. The highest BCUT2D eigenvalue weighted by molar-refractivity contribution is 5.93. The van der Waals surface area contributed by atoms with Crippen molar-refractivity contribution in [2.24, 2.45) is 7.05 Å². The third kappa shape index (κ3) is 3.06. The van der Waals surface area contributed by atoms with Gasteiger partial charge in [-0.1, -0.05) is 0 Å². The number of ether oxygens (including phenoxy) is 1. The van der Waals surface area contributed by atoms with Crippen LogP contribution < -0.4 is 0 Å². The van der Waals surface area contributed by atoms with Gasteiger partial charge in [0.2, 0.25) is 0 Å². The number of amides is 1. The minimum absolute atomic E-state index is 0.135. The van der Waals surface area contributed by atoms with Crippen molar-refractivity contribution < 1.29 is 19.6 Å². The van der Waals surface area contributed by atoms with E-state index in [1.165, 1.54) is 23.7 Å². The molecule has 1 aliphatic heterocycles. The maximum atomic E-state index is 12.6. The predicted molar refractivity (Wildman–Crippen MR) is 74.0 cm³/mol. The summed E-state index contributed by atoms with van der Waals surface area (Å²) in [5, 5.41) is 20.1. The van der Waals surface area contributed by atoms with Crippen molar-refractivity contribution in [1.29, 1.82) is 0 Å². The zero-order valence-electron chi connectivity index (χ0n) is 12.3. The van der Waals surface area contributed by atoms with Gasteiger partial charge in [0.25, 0.3) is 5.91 Å². The molecule has 1 aromatic rings. The van der Waals surface area contributed by atoms with Crippen molar-refractivity contribution in [2.75, 3.05) is 19.7 Å². The van der Waals surface area contributed by atoms with Crippen molar-refractivity contribution >= 4 is 11.7 Å². The third-order valence-corrected chi connectivity index (χ3v) is 3.47. The van der Waals surface area contributed by atoms with E-state index in [1.54, 1.807) is 4.90 Å². The highest BCUT2D eigenvalue weighted by atomic mass is 16.6. The van der Waals surface area contributed by atoms with Gasteiger partial charge in [-0.15, -0.1) is 0 Å². The molecule has 1 N–H and O–H groups in total. The first-order valence-electron chi connectivity index (χ1n) is 6.63. The molecule has 0 saturated carbocycles. The monoisotopic (exact) mass is 297 g/mol. The molecule has 1 saturated heterocycles. The number of rotatable bonds is 3. The topological polar surface area (TPSA) is 97.8 Å². The van der Waals surface area contributed by atoms with E-state index < -0.39 is 16.6 Å². The normalized spacial score (nSPS) is 21.3. The van der Waals surface area contributed by atoms with Crippen LogP contribution >= 0.6 is 0 Å². The molecule has 0 radical (unpaired) electrons. The van der Waals surface area contributed by atoms with Crippen molar-refractivity contribution in [1.82, 2.24) is 9.47 Å². The van der Waals surface area contributed by atoms with Crippen molar-refractivity contribution in [3.05, 3.63) is 27.9 Å². The van der Waals surface area contributed by atoms with Gasteiger partial charge in [-0.3, -0.25) is 4.79 Å². The summed E-state index contributed by atoms with van der Waals surface area (Å²) < 4.78 is 6.92. The molecule has 1 atom stereocenters. The fourth-order valence-corrected chi connectivity index (χ4v) is 2.61. The molecule has 1 aromatic heterocycles. The minimum Gasteiger partial charge on any atom is -0.394 e. The van der Waals surface area contributed by atoms with Gasteiger partial charge in [0.05, 0.1) is 25.4 Å². The fourth-order valence-electron chi connectivity index (χ4n) is 2.61. The number of carbonyl (C=O) groups is 1. The van der Waals surface area contributed by atoms with E-state index in [0.29, 0.717) is 6.54 Å².